The second kappa shape index (κ2) is 5.60. The van der Waals surface area contributed by atoms with E-state index in [1.54, 1.807) is 12.3 Å². The molecule has 6 heteroatoms. The van der Waals surface area contributed by atoms with Crippen molar-refractivity contribution in [1.82, 2.24) is 14.5 Å². The van der Waals surface area contributed by atoms with E-state index in [1.165, 1.54) is 0 Å². The summed E-state index contributed by atoms with van der Waals surface area (Å²) in [6, 6.07) is 9.36. The first-order valence-corrected chi connectivity index (χ1v) is 7.28. The molecule has 0 aliphatic carbocycles. The van der Waals surface area contributed by atoms with E-state index in [0.717, 1.165) is 22.6 Å². The van der Waals surface area contributed by atoms with Crippen molar-refractivity contribution in [2.75, 3.05) is 0 Å². The molecule has 2 aromatic heterocycles. The van der Waals surface area contributed by atoms with Gasteiger partial charge in [0, 0.05) is 6.20 Å². The van der Waals surface area contributed by atoms with Crippen LogP contribution < -0.4 is 0 Å². The quantitative estimate of drug-likeness (QED) is 0.662. The maximum atomic E-state index is 6.09. The van der Waals surface area contributed by atoms with E-state index in [9.17, 15) is 0 Å². The van der Waals surface area contributed by atoms with Crippen molar-refractivity contribution in [3.63, 3.8) is 0 Å². The SMILES string of the molecule is ClCc1nc2cc(Cl)c(Cl)cc2n1Cc1ccccn1. The summed E-state index contributed by atoms with van der Waals surface area (Å²) in [6.45, 7) is 0.595. The van der Waals surface area contributed by atoms with Gasteiger partial charge in [0.05, 0.1) is 39.2 Å². The number of aromatic nitrogens is 3. The van der Waals surface area contributed by atoms with Gasteiger partial charge in [-0.05, 0) is 24.3 Å². The van der Waals surface area contributed by atoms with Gasteiger partial charge in [-0.3, -0.25) is 4.98 Å². The van der Waals surface area contributed by atoms with Crippen molar-refractivity contribution in [3.8, 4) is 0 Å². The van der Waals surface area contributed by atoms with Crippen LogP contribution in [0.3, 0.4) is 0 Å². The first kappa shape index (κ1) is 13.7. The average molecular weight is 327 g/mol. The van der Waals surface area contributed by atoms with Crippen molar-refractivity contribution in [1.29, 1.82) is 0 Å². The Bertz CT molecular complexity index is 753. The van der Waals surface area contributed by atoms with Gasteiger partial charge in [0.2, 0.25) is 0 Å². The van der Waals surface area contributed by atoms with E-state index in [4.69, 9.17) is 34.8 Å². The molecule has 3 rings (SSSR count). The van der Waals surface area contributed by atoms with Gasteiger partial charge in [-0.25, -0.2) is 4.98 Å². The fraction of sp³-hybridized carbons (Fsp3) is 0.143. The summed E-state index contributed by atoms with van der Waals surface area (Å²) in [7, 11) is 0. The molecule has 0 aliphatic heterocycles. The third-order valence-corrected chi connectivity index (χ3v) is 4.00. The van der Waals surface area contributed by atoms with E-state index >= 15 is 0 Å². The molecule has 0 saturated heterocycles. The normalized spacial score (nSPS) is 11.2. The maximum Gasteiger partial charge on any atom is 0.125 e. The Morgan fingerprint density at radius 2 is 1.90 bits per heavy atom. The van der Waals surface area contributed by atoms with Gasteiger partial charge in [0.15, 0.2) is 0 Å². The zero-order valence-corrected chi connectivity index (χ0v) is 12.6. The van der Waals surface area contributed by atoms with Crippen LogP contribution in [0.15, 0.2) is 36.5 Å². The highest BCUT2D eigenvalue weighted by Crippen LogP contribution is 2.29. The number of hydrogen-bond donors (Lipinski definition) is 0. The minimum atomic E-state index is 0.316. The number of rotatable bonds is 3. The molecule has 0 spiro atoms. The van der Waals surface area contributed by atoms with Gasteiger partial charge >= 0.3 is 0 Å². The second-order valence-corrected chi connectivity index (χ2v) is 5.41. The second-order valence-electron chi connectivity index (χ2n) is 4.32. The Morgan fingerprint density at radius 3 is 2.60 bits per heavy atom. The lowest BCUT2D eigenvalue weighted by atomic mass is 10.3. The summed E-state index contributed by atoms with van der Waals surface area (Å²) >= 11 is 18.1. The van der Waals surface area contributed by atoms with Crippen LogP contribution in [0.5, 0.6) is 0 Å². The Balaban J connectivity index is 2.15. The molecule has 0 N–H and O–H groups in total. The summed E-state index contributed by atoms with van der Waals surface area (Å²) in [5.74, 6) is 1.09. The smallest absolute Gasteiger partial charge is 0.125 e. The van der Waals surface area contributed by atoms with Crippen LogP contribution in [0.1, 0.15) is 11.5 Å². The van der Waals surface area contributed by atoms with Gasteiger partial charge in [0.25, 0.3) is 0 Å². The van der Waals surface area contributed by atoms with Crippen molar-refractivity contribution in [2.24, 2.45) is 0 Å². The summed E-state index contributed by atoms with van der Waals surface area (Å²) in [6.07, 6.45) is 1.76. The zero-order valence-electron chi connectivity index (χ0n) is 10.4. The molecule has 3 nitrogen and oxygen atoms in total. The van der Waals surface area contributed by atoms with Gasteiger partial charge in [-0.15, -0.1) is 11.6 Å². The van der Waals surface area contributed by atoms with Crippen molar-refractivity contribution >= 4 is 45.8 Å². The van der Waals surface area contributed by atoms with Gasteiger partial charge in [-0.1, -0.05) is 29.3 Å². The minimum absolute atomic E-state index is 0.316. The number of benzene rings is 1. The van der Waals surface area contributed by atoms with E-state index in [2.05, 4.69) is 9.97 Å². The molecule has 0 fully saturated rings. The Kier molecular flexibility index (Phi) is 3.83. The molecule has 2 heterocycles. The molecular formula is C14H10Cl3N3. The van der Waals surface area contributed by atoms with Crippen LogP contribution in [0.25, 0.3) is 11.0 Å². The van der Waals surface area contributed by atoms with Crippen LogP contribution in [0.4, 0.5) is 0 Å². The lowest BCUT2D eigenvalue weighted by Gasteiger charge is -2.07. The van der Waals surface area contributed by atoms with E-state index in [-0.39, 0.29) is 0 Å². The summed E-state index contributed by atoms with van der Waals surface area (Å²) in [5.41, 5.74) is 2.62. The monoisotopic (exact) mass is 325 g/mol. The number of fused-ring (bicyclic) bond motifs is 1. The average Bonchev–Trinajstić information content (AvgIpc) is 2.78. The molecule has 3 aromatic rings. The molecule has 0 radical (unpaired) electrons. The largest absolute Gasteiger partial charge is 0.321 e. The predicted octanol–water partition coefficient (Wildman–Crippen LogP) is 4.53. The summed E-state index contributed by atoms with van der Waals surface area (Å²) in [4.78, 5) is 8.81. The molecule has 0 atom stereocenters. The number of nitrogens with zero attached hydrogens (tertiary/aromatic N) is 3. The van der Waals surface area contributed by atoms with E-state index in [1.807, 2.05) is 28.8 Å². The van der Waals surface area contributed by atoms with Crippen molar-refractivity contribution < 1.29 is 0 Å². The predicted molar refractivity (Wildman–Crippen MR) is 82.6 cm³/mol. The fourth-order valence-corrected chi connectivity index (χ4v) is 2.62. The van der Waals surface area contributed by atoms with Crippen LogP contribution >= 0.6 is 34.8 Å². The fourth-order valence-electron chi connectivity index (χ4n) is 2.10. The number of imidazole rings is 1. The Morgan fingerprint density at radius 1 is 1.10 bits per heavy atom. The third-order valence-electron chi connectivity index (χ3n) is 3.04. The van der Waals surface area contributed by atoms with E-state index in [0.29, 0.717) is 22.5 Å². The number of pyridine rings is 1. The zero-order chi connectivity index (χ0) is 14.1. The molecule has 0 bridgehead atoms. The minimum Gasteiger partial charge on any atom is -0.321 e. The molecule has 20 heavy (non-hydrogen) atoms. The molecule has 102 valence electrons. The first-order valence-electron chi connectivity index (χ1n) is 5.99. The topological polar surface area (TPSA) is 30.7 Å². The highest BCUT2D eigenvalue weighted by molar-refractivity contribution is 6.42. The standard InChI is InChI=1S/C14H10Cl3N3/c15-7-14-19-12-5-10(16)11(17)6-13(12)20(14)8-9-3-1-2-4-18-9/h1-6H,7-8H2. The lowest BCUT2D eigenvalue weighted by molar-refractivity contribution is 0.758. The summed E-state index contributed by atoms with van der Waals surface area (Å²) in [5, 5.41) is 0.991. The van der Waals surface area contributed by atoms with Gasteiger partial charge in [-0.2, -0.15) is 0 Å². The lowest BCUT2D eigenvalue weighted by Crippen LogP contribution is -2.05. The highest BCUT2D eigenvalue weighted by atomic mass is 35.5. The molecule has 1 aromatic carbocycles. The molecule has 0 amide bonds. The van der Waals surface area contributed by atoms with Crippen molar-refractivity contribution in [2.45, 2.75) is 12.4 Å². The van der Waals surface area contributed by atoms with Crippen molar-refractivity contribution in [3.05, 3.63) is 58.1 Å². The number of halogens is 3. The summed E-state index contributed by atoms with van der Waals surface area (Å²) < 4.78 is 2.01. The van der Waals surface area contributed by atoms with E-state index < -0.39 is 0 Å². The Labute approximate surface area is 131 Å². The van der Waals surface area contributed by atoms with Crippen LogP contribution in [0.2, 0.25) is 10.0 Å². The van der Waals surface area contributed by atoms with Gasteiger partial charge in [0.1, 0.15) is 5.82 Å². The van der Waals surface area contributed by atoms with Crippen LogP contribution in [0, 0.1) is 0 Å². The maximum absolute atomic E-state index is 6.09. The van der Waals surface area contributed by atoms with Crippen LogP contribution in [-0.4, -0.2) is 14.5 Å². The molecule has 0 saturated carbocycles. The third kappa shape index (κ3) is 2.49. The highest BCUT2D eigenvalue weighted by Gasteiger charge is 2.13. The number of hydrogen-bond acceptors (Lipinski definition) is 2. The Hall–Kier alpha value is -1.29. The first-order chi connectivity index (χ1) is 9.69. The van der Waals surface area contributed by atoms with Crippen LogP contribution in [-0.2, 0) is 12.4 Å². The molecular weight excluding hydrogens is 317 g/mol. The number of alkyl halides is 1. The molecule has 0 unspecified atom stereocenters. The molecule has 0 aliphatic rings. The van der Waals surface area contributed by atoms with Gasteiger partial charge < -0.3 is 4.57 Å².